The van der Waals surface area contributed by atoms with Crippen molar-refractivity contribution in [2.45, 2.75) is 50.7 Å². The van der Waals surface area contributed by atoms with Crippen molar-refractivity contribution in [3.05, 3.63) is 118 Å². The molecule has 2 aliphatic rings. The van der Waals surface area contributed by atoms with E-state index in [1.54, 1.807) is 11.8 Å². The van der Waals surface area contributed by atoms with Gasteiger partial charge in [0.2, 0.25) is 16.2 Å². The molecule has 0 radical (unpaired) electrons. The van der Waals surface area contributed by atoms with Crippen LogP contribution in [0.3, 0.4) is 0 Å². The van der Waals surface area contributed by atoms with E-state index in [0.29, 0.717) is 82.3 Å². The number of rotatable bonds is 22. The van der Waals surface area contributed by atoms with Crippen LogP contribution in [0.15, 0.2) is 112 Å². The molecule has 366 valence electrons. The standard InChI is InChI=1S/C49H54N16O3S3/c1-2-28-69-48-56-42(51-23-21-50)41-43(57-48)64(62-59-41)30-33-17-15-32(16-18-33)10-9-22-52-44(66)36-19-25-63(26-20-36)27-24-53-45(67)38-29-54-47(71-38)60-58-40-39(35-13-7-4-8-14-35)61-65(46(40)68)49-55-37(31-70-49)34-11-5-3-6-12-34/h3-8,11-18,29,31,36H,2,9-10,19-28,30,50H2,1H3,(H,52,66)(H,53,67)(H,54,60)(H,51,56,57)/b58-40+. The number of fused-ring (bicyclic) bond motifs is 1. The second-order valence-electron chi connectivity index (χ2n) is 16.8. The van der Waals surface area contributed by atoms with Gasteiger partial charge >= 0.3 is 5.91 Å². The largest absolute Gasteiger partial charge is 0.367 e. The van der Waals surface area contributed by atoms with Gasteiger partial charge in [-0.15, -0.1) is 16.4 Å². The van der Waals surface area contributed by atoms with Gasteiger partial charge in [-0.3, -0.25) is 19.8 Å². The number of thioether (sulfide) groups is 1. The Morgan fingerprint density at radius 1 is 0.901 bits per heavy atom. The zero-order chi connectivity index (χ0) is 48.9. The van der Waals surface area contributed by atoms with E-state index in [4.69, 9.17) is 10.7 Å². The van der Waals surface area contributed by atoms with Crippen molar-refractivity contribution in [3.8, 4) is 11.3 Å². The van der Waals surface area contributed by atoms with Crippen LogP contribution in [-0.2, 0) is 22.6 Å². The molecule has 7 aromatic rings. The molecule has 6 heterocycles. The summed E-state index contributed by atoms with van der Waals surface area (Å²) in [7, 11) is 0. The molecule has 0 aliphatic carbocycles. The van der Waals surface area contributed by atoms with Crippen LogP contribution in [0.5, 0.6) is 0 Å². The number of piperidine rings is 1. The number of benzene rings is 3. The van der Waals surface area contributed by atoms with Crippen LogP contribution in [0.1, 0.15) is 59.0 Å². The summed E-state index contributed by atoms with van der Waals surface area (Å²) in [5.74, 6) is 0.953. The summed E-state index contributed by atoms with van der Waals surface area (Å²) >= 11 is 4.06. The van der Waals surface area contributed by atoms with E-state index in [1.165, 1.54) is 28.1 Å². The fourth-order valence-electron chi connectivity index (χ4n) is 8.03. The monoisotopic (exact) mass is 1010 g/mol. The Labute approximate surface area is 422 Å². The van der Waals surface area contributed by atoms with Crippen molar-refractivity contribution < 1.29 is 14.4 Å². The summed E-state index contributed by atoms with van der Waals surface area (Å²) in [6.45, 7) is 7.00. The molecule has 1 saturated heterocycles. The topological polar surface area (TPSA) is 239 Å². The number of hydrogen-bond donors (Lipinski definition) is 5. The zero-order valence-electron chi connectivity index (χ0n) is 39.2. The highest BCUT2D eigenvalue weighted by molar-refractivity contribution is 7.99. The lowest BCUT2D eigenvalue weighted by Crippen LogP contribution is -2.43. The van der Waals surface area contributed by atoms with E-state index >= 15 is 0 Å². The number of anilines is 3. The molecule has 3 aromatic carbocycles. The fraction of sp³-hybridized carbons (Fsp3) is 0.327. The van der Waals surface area contributed by atoms with Crippen molar-refractivity contribution in [2.24, 2.45) is 21.9 Å². The third-order valence-electron chi connectivity index (χ3n) is 11.8. The van der Waals surface area contributed by atoms with Crippen molar-refractivity contribution >= 4 is 90.8 Å². The summed E-state index contributed by atoms with van der Waals surface area (Å²) < 4.78 is 1.81. The first-order valence-electron chi connectivity index (χ1n) is 23.7. The first-order chi connectivity index (χ1) is 34.8. The number of aryl methyl sites for hydroxylation is 1. The third-order valence-corrected chi connectivity index (χ3v) is 14.6. The lowest BCUT2D eigenvalue weighted by Gasteiger charge is -2.31. The SMILES string of the molecule is CCCSc1nc(NCCN)c2nnn(Cc3ccc(CCCNC(=O)C4CCN(CCNC(=O)c5cnc(N/N=C6/C(=O)N(c7nc(-c8ccccc8)cs7)N=C6c6ccccc6)s5)CC4)cc3)c2n1. The molecule has 3 amide bonds. The Kier molecular flexibility index (Phi) is 16.4. The first-order valence-corrected chi connectivity index (χ1v) is 26.3. The Balaban J connectivity index is 0.685. The molecule has 0 spiro atoms. The van der Waals surface area contributed by atoms with Gasteiger partial charge in [-0.25, -0.2) is 24.6 Å². The number of amides is 3. The number of nitrogens with two attached hydrogens (primary N) is 1. The lowest BCUT2D eigenvalue weighted by atomic mass is 9.96. The molecule has 0 atom stereocenters. The third kappa shape index (κ3) is 12.3. The van der Waals surface area contributed by atoms with E-state index in [2.05, 4.69) is 92.9 Å². The molecular formula is C49H54N16O3S3. The summed E-state index contributed by atoms with van der Waals surface area (Å²) in [6, 6.07) is 27.5. The molecule has 71 heavy (non-hydrogen) atoms. The van der Waals surface area contributed by atoms with Crippen LogP contribution < -0.4 is 32.1 Å². The molecular weight excluding hydrogens is 957 g/mol. The Morgan fingerprint density at radius 3 is 2.42 bits per heavy atom. The highest BCUT2D eigenvalue weighted by atomic mass is 32.2. The Morgan fingerprint density at radius 2 is 1.66 bits per heavy atom. The van der Waals surface area contributed by atoms with E-state index in [1.807, 2.05) is 70.7 Å². The molecule has 6 N–H and O–H groups in total. The second-order valence-corrected chi connectivity index (χ2v) is 19.8. The quantitative estimate of drug-likeness (QED) is 0.0222. The number of nitrogens with one attached hydrogen (secondary N) is 4. The van der Waals surface area contributed by atoms with Crippen LogP contribution in [0.25, 0.3) is 22.4 Å². The van der Waals surface area contributed by atoms with Crippen molar-refractivity contribution in [3.63, 3.8) is 0 Å². The van der Waals surface area contributed by atoms with Gasteiger partial charge in [-0.2, -0.15) is 15.2 Å². The number of likely N-dealkylation sites (tertiary alicyclic amines) is 1. The van der Waals surface area contributed by atoms with E-state index in [-0.39, 0.29) is 23.4 Å². The van der Waals surface area contributed by atoms with Gasteiger partial charge in [0.25, 0.3) is 5.91 Å². The Hall–Kier alpha value is -6.98. The molecule has 0 saturated carbocycles. The first kappa shape index (κ1) is 49.0. The minimum absolute atomic E-state index is 0.0312. The Bertz CT molecular complexity index is 2990. The number of hydrazone groups is 2. The summed E-state index contributed by atoms with van der Waals surface area (Å²) in [5.41, 5.74) is 15.1. The highest BCUT2D eigenvalue weighted by Gasteiger charge is 2.36. The number of aromatic nitrogens is 7. The van der Waals surface area contributed by atoms with Gasteiger partial charge < -0.3 is 26.6 Å². The van der Waals surface area contributed by atoms with Gasteiger partial charge in [-0.1, -0.05) is 120 Å². The minimum atomic E-state index is -0.437. The van der Waals surface area contributed by atoms with Crippen LogP contribution in [0.2, 0.25) is 0 Å². The molecule has 0 unspecified atom stereocenters. The zero-order valence-corrected chi connectivity index (χ0v) is 41.6. The predicted molar refractivity (Wildman–Crippen MR) is 281 cm³/mol. The smallest absolute Gasteiger partial charge is 0.303 e. The van der Waals surface area contributed by atoms with Crippen LogP contribution in [0, 0.1) is 5.92 Å². The number of carbonyl (C=O) groups excluding carboxylic acids is 3. The van der Waals surface area contributed by atoms with Gasteiger partial charge in [0.1, 0.15) is 10.6 Å². The van der Waals surface area contributed by atoms with Crippen LogP contribution >= 0.6 is 34.4 Å². The molecule has 19 nitrogen and oxygen atoms in total. The van der Waals surface area contributed by atoms with E-state index in [0.717, 1.165) is 84.7 Å². The number of hydrogen-bond acceptors (Lipinski definition) is 18. The predicted octanol–water partition coefficient (Wildman–Crippen LogP) is 6.13. The van der Waals surface area contributed by atoms with Gasteiger partial charge in [0, 0.05) is 60.9 Å². The molecule has 0 bridgehead atoms. The lowest BCUT2D eigenvalue weighted by molar-refractivity contribution is -0.126. The maximum Gasteiger partial charge on any atom is 0.303 e. The number of carbonyl (C=O) groups is 3. The number of thiazole rings is 2. The van der Waals surface area contributed by atoms with E-state index < -0.39 is 5.91 Å². The maximum atomic E-state index is 13.8. The molecule has 22 heteroatoms. The van der Waals surface area contributed by atoms with Gasteiger partial charge in [0.05, 0.1) is 18.4 Å². The van der Waals surface area contributed by atoms with Gasteiger partial charge in [0.15, 0.2) is 27.8 Å². The molecule has 4 aromatic heterocycles. The number of nitrogens with zero attached hydrogens (tertiary/aromatic N) is 11. The van der Waals surface area contributed by atoms with Crippen LogP contribution in [0.4, 0.5) is 16.1 Å². The van der Waals surface area contributed by atoms with Crippen molar-refractivity contribution in [1.82, 2.24) is 50.5 Å². The average molecular weight is 1010 g/mol. The highest BCUT2D eigenvalue weighted by Crippen LogP contribution is 2.31. The molecule has 9 rings (SSSR count). The second kappa shape index (κ2) is 23.8. The van der Waals surface area contributed by atoms with Crippen molar-refractivity contribution in [2.75, 3.05) is 67.3 Å². The minimum Gasteiger partial charge on any atom is -0.367 e. The fourth-order valence-corrected chi connectivity index (χ4v) is 10.2. The molecule has 2 aliphatic heterocycles. The molecule has 1 fully saturated rings. The average Bonchev–Trinajstić information content (AvgIpc) is 4.24. The summed E-state index contributed by atoms with van der Waals surface area (Å²) in [5, 5.41) is 31.9. The van der Waals surface area contributed by atoms with Crippen LogP contribution in [-0.4, -0.2) is 121 Å². The van der Waals surface area contributed by atoms with E-state index in [9.17, 15) is 14.4 Å². The normalized spacial score (nSPS) is 14.8. The van der Waals surface area contributed by atoms with Gasteiger partial charge in [-0.05, 0) is 56.3 Å². The summed E-state index contributed by atoms with van der Waals surface area (Å²) in [4.78, 5) is 61.1. The summed E-state index contributed by atoms with van der Waals surface area (Å²) in [6.07, 6.45) is 5.72. The van der Waals surface area contributed by atoms with Crippen molar-refractivity contribution in [1.29, 1.82) is 0 Å². The maximum absolute atomic E-state index is 13.8.